The van der Waals surface area contributed by atoms with Crippen LogP contribution in [0.4, 0.5) is 0 Å². The Morgan fingerprint density at radius 3 is 2.94 bits per heavy atom. The second kappa shape index (κ2) is 4.49. The van der Waals surface area contributed by atoms with E-state index in [1.807, 2.05) is 24.5 Å². The number of para-hydroxylation sites is 2. The number of aromatic nitrogens is 2. The molecule has 0 bridgehead atoms. The third-order valence-electron chi connectivity index (χ3n) is 2.48. The lowest BCUT2D eigenvalue weighted by Gasteiger charge is -2.09. The number of rotatable bonds is 3. The summed E-state index contributed by atoms with van der Waals surface area (Å²) in [5.74, 6) is 0. The lowest BCUT2D eigenvalue weighted by Crippen LogP contribution is -2.23. The smallest absolute Gasteiger partial charge is 0.0958 e. The van der Waals surface area contributed by atoms with Crippen molar-refractivity contribution >= 4 is 11.0 Å². The van der Waals surface area contributed by atoms with Gasteiger partial charge in [-0.15, -0.1) is 0 Å². The molecule has 3 nitrogen and oxygen atoms in total. The second-order valence-electron chi connectivity index (χ2n) is 4.29. The molecule has 1 atom stereocenters. The van der Waals surface area contributed by atoms with Crippen molar-refractivity contribution in [2.24, 2.45) is 5.73 Å². The van der Waals surface area contributed by atoms with Crippen molar-refractivity contribution < 1.29 is 0 Å². The zero-order chi connectivity index (χ0) is 11.5. The van der Waals surface area contributed by atoms with E-state index in [0.29, 0.717) is 0 Å². The van der Waals surface area contributed by atoms with E-state index in [1.54, 1.807) is 0 Å². The lowest BCUT2D eigenvalue weighted by atomic mass is 10.2. The molecule has 84 valence electrons. The minimum Gasteiger partial charge on any atom is -0.329 e. The minimum absolute atomic E-state index is 0.0441. The van der Waals surface area contributed by atoms with Gasteiger partial charge in [0, 0.05) is 12.6 Å². The van der Waals surface area contributed by atoms with Crippen molar-refractivity contribution in [3.8, 4) is 0 Å². The van der Waals surface area contributed by atoms with E-state index in [0.717, 1.165) is 17.6 Å². The first-order chi connectivity index (χ1) is 7.66. The van der Waals surface area contributed by atoms with Crippen LogP contribution in [0.15, 0.2) is 42.2 Å². The predicted octanol–water partition coefficient (Wildman–Crippen LogP) is 2.33. The lowest BCUT2D eigenvalue weighted by molar-refractivity contribution is 0.641. The number of hydrogen-bond donors (Lipinski definition) is 1. The summed E-state index contributed by atoms with van der Waals surface area (Å²) >= 11 is 0. The molecule has 0 radical (unpaired) electrons. The molecule has 1 aromatic heterocycles. The van der Waals surface area contributed by atoms with Crippen LogP contribution in [0.3, 0.4) is 0 Å². The van der Waals surface area contributed by atoms with Crippen LogP contribution in [0, 0.1) is 0 Å². The van der Waals surface area contributed by atoms with E-state index in [9.17, 15) is 0 Å². The molecule has 2 aromatic rings. The van der Waals surface area contributed by atoms with Crippen molar-refractivity contribution in [3.05, 3.63) is 42.2 Å². The van der Waals surface area contributed by atoms with Crippen LogP contribution < -0.4 is 5.73 Å². The summed E-state index contributed by atoms with van der Waals surface area (Å²) in [6, 6.07) is 8.14. The fraction of sp³-hybridized carbons (Fsp3) is 0.308. The summed E-state index contributed by atoms with van der Waals surface area (Å²) < 4.78 is 2.10. The van der Waals surface area contributed by atoms with E-state index >= 15 is 0 Å². The SMILES string of the molecule is CC(C)=CC(N)Cn1cnc2ccccc21. The van der Waals surface area contributed by atoms with Gasteiger partial charge in [-0.2, -0.15) is 0 Å². The molecule has 0 aliphatic rings. The molecule has 0 saturated carbocycles. The highest BCUT2D eigenvalue weighted by atomic mass is 15.1. The molecular formula is C13H17N3. The normalized spacial score (nSPS) is 12.7. The Labute approximate surface area is 95.6 Å². The largest absolute Gasteiger partial charge is 0.329 e. The summed E-state index contributed by atoms with van der Waals surface area (Å²) in [6.07, 6.45) is 3.93. The average Bonchev–Trinajstić information content (AvgIpc) is 2.61. The number of allylic oxidation sites excluding steroid dienone is 1. The van der Waals surface area contributed by atoms with Crippen LogP contribution in [-0.2, 0) is 6.54 Å². The van der Waals surface area contributed by atoms with Crippen LogP contribution in [0.2, 0.25) is 0 Å². The van der Waals surface area contributed by atoms with E-state index in [2.05, 4.69) is 35.5 Å². The second-order valence-corrected chi connectivity index (χ2v) is 4.29. The molecule has 0 amide bonds. The third kappa shape index (κ3) is 2.31. The summed E-state index contributed by atoms with van der Waals surface area (Å²) in [6.45, 7) is 4.89. The molecule has 0 fully saturated rings. The fourth-order valence-corrected chi connectivity index (χ4v) is 1.86. The highest BCUT2D eigenvalue weighted by Crippen LogP contribution is 2.12. The fourth-order valence-electron chi connectivity index (χ4n) is 1.86. The third-order valence-corrected chi connectivity index (χ3v) is 2.48. The average molecular weight is 215 g/mol. The van der Waals surface area contributed by atoms with Crippen molar-refractivity contribution in [3.63, 3.8) is 0 Å². The summed E-state index contributed by atoms with van der Waals surface area (Å²) in [5, 5.41) is 0. The highest BCUT2D eigenvalue weighted by molar-refractivity contribution is 5.74. The molecule has 0 saturated heterocycles. The molecule has 1 heterocycles. The number of imidazole rings is 1. The van der Waals surface area contributed by atoms with Gasteiger partial charge in [-0.05, 0) is 26.0 Å². The van der Waals surface area contributed by atoms with Gasteiger partial charge in [-0.3, -0.25) is 0 Å². The maximum atomic E-state index is 6.03. The molecule has 1 aromatic carbocycles. The molecule has 16 heavy (non-hydrogen) atoms. The van der Waals surface area contributed by atoms with Crippen molar-refractivity contribution in [1.29, 1.82) is 0 Å². The van der Waals surface area contributed by atoms with Gasteiger partial charge in [0.1, 0.15) is 0 Å². The van der Waals surface area contributed by atoms with Crippen LogP contribution in [-0.4, -0.2) is 15.6 Å². The standard InChI is InChI=1S/C13H17N3/c1-10(2)7-11(14)8-16-9-15-12-5-3-4-6-13(12)16/h3-7,9,11H,8,14H2,1-2H3. The van der Waals surface area contributed by atoms with Gasteiger partial charge in [0.2, 0.25) is 0 Å². The summed E-state index contributed by atoms with van der Waals surface area (Å²) in [4.78, 5) is 4.34. The molecule has 1 unspecified atom stereocenters. The predicted molar refractivity (Wildman–Crippen MR) is 67.1 cm³/mol. The topological polar surface area (TPSA) is 43.8 Å². The van der Waals surface area contributed by atoms with Gasteiger partial charge in [0.15, 0.2) is 0 Å². The van der Waals surface area contributed by atoms with Gasteiger partial charge < -0.3 is 10.3 Å². The van der Waals surface area contributed by atoms with Gasteiger partial charge in [-0.1, -0.05) is 23.8 Å². The van der Waals surface area contributed by atoms with Crippen molar-refractivity contribution in [2.75, 3.05) is 0 Å². The van der Waals surface area contributed by atoms with E-state index in [-0.39, 0.29) is 6.04 Å². The molecule has 0 aliphatic heterocycles. The Hall–Kier alpha value is -1.61. The molecule has 0 aliphatic carbocycles. The highest BCUT2D eigenvalue weighted by Gasteiger charge is 2.04. The maximum absolute atomic E-state index is 6.03. The molecule has 3 heteroatoms. The number of hydrogen-bond acceptors (Lipinski definition) is 2. The van der Waals surface area contributed by atoms with Crippen LogP contribution in [0.25, 0.3) is 11.0 Å². The molecule has 2 N–H and O–H groups in total. The number of benzene rings is 1. The van der Waals surface area contributed by atoms with E-state index < -0.39 is 0 Å². The van der Waals surface area contributed by atoms with Gasteiger partial charge in [-0.25, -0.2) is 4.98 Å². The molecule has 0 spiro atoms. The first-order valence-corrected chi connectivity index (χ1v) is 5.47. The Kier molecular flexibility index (Phi) is 3.06. The Morgan fingerprint density at radius 2 is 2.19 bits per heavy atom. The van der Waals surface area contributed by atoms with Crippen LogP contribution in [0.5, 0.6) is 0 Å². The van der Waals surface area contributed by atoms with Crippen LogP contribution in [0.1, 0.15) is 13.8 Å². The number of fused-ring (bicyclic) bond motifs is 1. The maximum Gasteiger partial charge on any atom is 0.0958 e. The van der Waals surface area contributed by atoms with Crippen LogP contribution >= 0.6 is 0 Å². The van der Waals surface area contributed by atoms with Gasteiger partial charge in [0.05, 0.1) is 17.4 Å². The van der Waals surface area contributed by atoms with Gasteiger partial charge in [0.25, 0.3) is 0 Å². The first-order valence-electron chi connectivity index (χ1n) is 5.47. The minimum atomic E-state index is 0.0441. The van der Waals surface area contributed by atoms with E-state index in [1.165, 1.54) is 5.57 Å². The van der Waals surface area contributed by atoms with E-state index in [4.69, 9.17) is 5.73 Å². The molecular weight excluding hydrogens is 198 g/mol. The van der Waals surface area contributed by atoms with Gasteiger partial charge >= 0.3 is 0 Å². The summed E-state index contributed by atoms with van der Waals surface area (Å²) in [7, 11) is 0. The number of nitrogens with two attached hydrogens (primary N) is 1. The number of nitrogens with zero attached hydrogens (tertiary/aromatic N) is 2. The Bertz CT molecular complexity index is 507. The zero-order valence-electron chi connectivity index (χ0n) is 9.72. The van der Waals surface area contributed by atoms with Crippen molar-refractivity contribution in [1.82, 2.24) is 9.55 Å². The molecule has 2 rings (SSSR count). The van der Waals surface area contributed by atoms with Crippen molar-refractivity contribution in [2.45, 2.75) is 26.4 Å². The monoisotopic (exact) mass is 215 g/mol. The Morgan fingerprint density at radius 1 is 1.44 bits per heavy atom. The summed E-state index contributed by atoms with van der Waals surface area (Å²) in [5.41, 5.74) is 9.44. The first kappa shape index (κ1) is 10.9. The Balaban J connectivity index is 2.25. The zero-order valence-corrected chi connectivity index (χ0v) is 9.72. The quantitative estimate of drug-likeness (QED) is 0.798.